The minimum Gasteiger partial charge on any atom is -0.480 e. The van der Waals surface area contributed by atoms with Gasteiger partial charge in [0.25, 0.3) is 0 Å². The summed E-state index contributed by atoms with van der Waals surface area (Å²) in [6.45, 7) is 1.10. The third-order valence-corrected chi connectivity index (χ3v) is 3.93. The van der Waals surface area contributed by atoms with Crippen LogP contribution in [0.25, 0.3) is 0 Å². The molecule has 2 heterocycles. The van der Waals surface area contributed by atoms with Crippen LogP contribution in [-0.2, 0) is 24.3 Å². The van der Waals surface area contributed by atoms with E-state index in [9.17, 15) is 9.90 Å². The Hall–Kier alpha value is -2.40. The number of nitrogen functional groups attached to an aromatic ring is 1. The fraction of sp³-hybridized carbons (Fsp3) is 0.250. The minimum atomic E-state index is -0.799. The number of aromatic nitrogens is 1. The average Bonchev–Trinajstić information content (AvgIpc) is 2.48. The van der Waals surface area contributed by atoms with Crippen molar-refractivity contribution in [1.82, 2.24) is 9.88 Å². The number of anilines is 1. The number of nitrogens with zero attached hydrogens (tertiary/aromatic N) is 2. The van der Waals surface area contributed by atoms with E-state index in [1.807, 2.05) is 41.3 Å². The molecule has 21 heavy (non-hydrogen) atoms. The lowest BCUT2D eigenvalue weighted by Crippen LogP contribution is -2.45. The molecule has 1 aromatic carbocycles. The number of rotatable bonds is 3. The van der Waals surface area contributed by atoms with Gasteiger partial charge in [-0.05, 0) is 23.6 Å². The quantitative estimate of drug-likeness (QED) is 0.896. The molecule has 1 aliphatic rings. The minimum absolute atomic E-state index is 0.459. The van der Waals surface area contributed by atoms with Gasteiger partial charge in [-0.1, -0.05) is 30.3 Å². The molecule has 5 heteroatoms. The second kappa shape index (κ2) is 5.54. The van der Waals surface area contributed by atoms with Gasteiger partial charge in [0.05, 0.1) is 0 Å². The summed E-state index contributed by atoms with van der Waals surface area (Å²) in [6.07, 6.45) is 2.16. The van der Waals surface area contributed by atoms with Gasteiger partial charge in [0.1, 0.15) is 11.9 Å². The molecule has 3 rings (SSSR count). The number of hydrogen-bond acceptors (Lipinski definition) is 4. The Balaban J connectivity index is 1.89. The molecule has 0 aliphatic carbocycles. The zero-order valence-electron chi connectivity index (χ0n) is 11.6. The first-order valence-corrected chi connectivity index (χ1v) is 6.88. The summed E-state index contributed by atoms with van der Waals surface area (Å²) in [6, 6.07) is 11.2. The molecule has 108 valence electrons. The Bertz CT molecular complexity index is 672. The normalized spacial score (nSPS) is 18.2. The number of pyridine rings is 1. The number of fused-ring (bicyclic) bond motifs is 1. The molecule has 1 aliphatic heterocycles. The van der Waals surface area contributed by atoms with Gasteiger partial charge in [0.2, 0.25) is 0 Å². The summed E-state index contributed by atoms with van der Waals surface area (Å²) in [5, 5.41) is 9.49. The van der Waals surface area contributed by atoms with Crippen LogP contribution in [0, 0.1) is 0 Å². The van der Waals surface area contributed by atoms with Crippen LogP contribution in [0.15, 0.2) is 42.6 Å². The van der Waals surface area contributed by atoms with Crippen LogP contribution in [0.2, 0.25) is 0 Å². The highest BCUT2D eigenvalue weighted by Crippen LogP contribution is 2.25. The van der Waals surface area contributed by atoms with Crippen molar-refractivity contribution in [2.75, 3.05) is 5.73 Å². The highest BCUT2D eigenvalue weighted by Gasteiger charge is 2.31. The van der Waals surface area contributed by atoms with Crippen molar-refractivity contribution in [1.29, 1.82) is 0 Å². The standard InChI is InChI=1S/C16H17N3O2/c17-15-13(6-3-7-18-15)10-19-9-12-5-2-1-4-11(12)8-14(19)16(20)21/h1-7,14H,8-10H2,(H2,17,18)(H,20,21)/t14-/m0/s1. The van der Waals surface area contributed by atoms with Crippen molar-refractivity contribution >= 4 is 11.8 Å². The molecule has 0 amide bonds. The molecule has 0 radical (unpaired) electrons. The van der Waals surface area contributed by atoms with Crippen molar-refractivity contribution in [3.8, 4) is 0 Å². The Labute approximate surface area is 123 Å². The van der Waals surface area contributed by atoms with Crippen LogP contribution in [0.1, 0.15) is 16.7 Å². The number of carboxylic acids is 1. The lowest BCUT2D eigenvalue weighted by atomic mass is 9.93. The zero-order chi connectivity index (χ0) is 14.8. The number of nitrogens with two attached hydrogens (primary N) is 1. The molecular formula is C16H17N3O2. The molecule has 0 unspecified atom stereocenters. The van der Waals surface area contributed by atoms with E-state index in [1.54, 1.807) is 6.20 Å². The van der Waals surface area contributed by atoms with E-state index in [-0.39, 0.29) is 0 Å². The first-order valence-electron chi connectivity index (χ1n) is 6.88. The van der Waals surface area contributed by atoms with E-state index in [4.69, 9.17) is 5.73 Å². The summed E-state index contributed by atoms with van der Waals surface area (Å²) in [5.74, 6) is -0.340. The van der Waals surface area contributed by atoms with Crippen molar-refractivity contribution in [2.24, 2.45) is 0 Å². The van der Waals surface area contributed by atoms with Crippen LogP contribution >= 0.6 is 0 Å². The molecule has 0 saturated heterocycles. The zero-order valence-corrected chi connectivity index (χ0v) is 11.6. The molecule has 0 spiro atoms. The molecule has 3 N–H and O–H groups in total. The third-order valence-electron chi connectivity index (χ3n) is 3.93. The number of carbonyl (C=O) groups is 1. The Morgan fingerprint density at radius 1 is 1.29 bits per heavy atom. The lowest BCUT2D eigenvalue weighted by molar-refractivity contribution is -0.144. The van der Waals surface area contributed by atoms with Gasteiger partial charge in [0.15, 0.2) is 0 Å². The number of carboxylic acid groups (broad SMARTS) is 1. The molecular weight excluding hydrogens is 266 g/mol. The van der Waals surface area contributed by atoms with Crippen LogP contribution in [-0.4, -0.2) is 27.0 Å². The monoisotopic (exact) mass is 283 g/mol. The molecule has 1 aromatic heterocycles. The number of aliphatic carboxylic acids is 1. The predicted molar refractivity (Wildman–Crippen MR) is 79.5 cm³/mol. The molecule has 5 nitrogen and oxygen atoms in total. The Morgan fingerprint density at radius 3 is 2.76 bits per heavy atom. The topological polar surface area (TPSA) is 79.5 Å². The van der Waals surface area contributed by atoms with Crippen molar-refractivity contribution < 1.29 is 9.90 Å². The van der Waals surface area contributed by atoms with Gasteiger partial charge in [-0.15, -0.1) is 0 Å². The van der Waals surface area contributed by atoms with Crippen molar-refractivity contribution in [3.63, 3.8) is 0 Å². The summed E-state index contributed by atoms with van der Waals surface area (Å²) in [4.78, 5) is 17.6. The maximum absolute atomic E-state index is 11.6. The van der Waals surface area contributed by atoms with Gasteiger partial charge in [-0.3, -0.25) is 9.69 Å². The maximum atomic E-state index is 11.6. The van der Waals surface area contributed by atoms with Gasteiger partial charge in [-0.2, -0.15) is 0 Å². The fourth-order valence-electron chi connectivity index (χ4n) is 2.79. The second-order valence-electron chi connectivity index (χ2n) is 5.28. The van der Waals surface area contributed by atoms with Crippen LogP contribution in [0.4, 0.5) is 5.82 Å². The van der Waals surface area contributed by atoms with Crippen LogP contribution in [0.5, 0.6) is 0 Å². The van der Waals surface area contributed by atoms with E-state index in [1.165, 1.54) is 5.56 Å². The highest BCUT2D eigenvalue weighted by atomic mass is 16.4. The maximum Gasteiger partial charge on any atom is 0.321 e. The molecule has 1 atom stereocenters. The Kier molecular flexibility index (Phi) is 3.58. The molecule has 0 saturated carbocycles. The van der Waals surface area contributed by atoms with Gasteiger partial charge < -0.3 is 10.8 Å². The summed E-state index contributed by atoms with van der Waals surface area (Å²) < 4.78 is 0. The van der Waals surface area contributed by atoms with Crippen molar-refractivity contribution in [3.05, 3.63) is 59.3 Å². The summed E-state index contributed by atoms with van der Waals surface area (Å²) in [5.41, 5.74) is 9.02. The first-order chi connectivity index (χ1) is 10.1. The number of benzene rings is 1. The molecule has 0 fully saturated rings. The smallest absolute Gasteiger partial charge is 0.321 e. The third kappa shape index (κ3) is 2.73. The van der Waals surface area contributed by atoms with E-state index < -0.39 is 12.0 Å². The first kappa shape index (κ1) is 13.6. The predicted octanol–water partition coefficient (Wildman–Crippen LogP) is 1.68. The molecule has 0 bridgehead atoms. The largest absolute Gasteiger partial charge is 0.480 e. The van der Waals surface area contributed by atoms with Crippen LogP contribution in [0.3, 0.4) is 0 Å². The number of hydrogen-bond donors (Lipinski definition) is 2. The summed E-state index contributed by atoms with van der Waals surface area (Å²) in [7, 11) is 0. The second-order valence-corrected chi connectivity index (χ2v) is 5.28. The lowest BCUT2D eigenvalue weighted by Gasteiger charge is -2.34. The average molecular weight is 283 g/mol. The van der Waals surface area contributed by atoms with Crippen molar-refractivity contribution in [2.45, 2.75) is 25.6 Å². The SMILES string of the molecule is Nc1ncccc1CN1Cc2ccccc2C[C@H]1C(=O)O. The van der Waals surface area contributed by atoms with E-state index in [2.05, 4.69) is 4.98 Å². The van der Waals surface area contributed by atoms with Gasteiger partial charge in [0, 0.05) is 24.8 Å². The fourth-order valence-corrected chi connectivity index (χ4v) is 2.79. The van der Waals surface area contributed by atoms with Gasteiger partial charge in [-0.25, -0.2) is 4.98 Å². The van der Waals surface area contributed by atoms with E-state index >= 15 is 0 Å². The van der Waals surface area contributed by atoms with E-state index in [0.29, 0.717) is 25.3 Å². The molecule has 2 aromatic rings. The van der Waals surface area contributed by atoms with E-state index in [0.717, 1.165) is 11.1 Å². The van der Waals surface area contributed by atoms with Gasteiger partial charge >= 0.3 is 5.97 Å². The summed E-state index contributed by atoms with van der Waals surface area (Å²) >= 11 is 0. The van der Waals surface area contributed by atoms with Crippen LogP contribution < -0.4 is 5.73 Å². The highest BCUT2D eigenvalue weighted by molar-refractivity contribution is 5.74. The Morgan fingerprint density at radius 2 is 2.05 bits per heavy atom.